The van der Waals surface area contributed by atoms with E-state index in [0.29, 0.717) is 12.1 Å². The van der Waals surface area contributed by atoms with Crippen molar-refractivity contribution in [3.05, 3.63) is 56.2 Å². The Kier molecular flexibility index (Phi) is 5.29. The third-order valence-electron chi connectivity index (χ3n) is 3.79. The lowest BCUT2D eigenvalue weighted by Gasteiger charge is -2.22. The molecule has 1 aromatic heterocycles. The quantitative estimate of drug-likeness (QED) is 0.677. The van der Waals surface area contributed by atoms with Crippen molar-refractivity contribution >= 4 is 27.3 Å². The number of thiophene rings is 1. The van der Waals surface area contributed by atoms with Crippen molar-refractivity contribution in [1.82, 2.24) is 5.32 Å². The Morgan fingerprint density at radius 3 is 2.14 bits per heavy atom. The first-order valence-corrected chi connectivity index (χ1v) is 9.05. The molecule has 3 heteroatoms. The van der Waals surface area contributed by atoms with Crippen molar-refractivity contribution in [1.29, 1.82) is 0 Å². The highest BCUT2D eigenvalue weighted by Gasteiger charge is 2.15. The molecular weight excluding hydrogens is 342 g/mol. The van der Waals surface area contributed by atoms with E-state index in [0.717, 1.165) is 0 Å². The van der Waals surface area contributed by atoms with Crippen LogP contribution in [0.3, 0.4) is 0 Å². The maximum absolute atomic E-state index is 3.67. The second-order valence-corrected chi connectivity index (χ2v) is 8.51. The van der Waals surface area contributed by atoms with Crippen LogP contribution in [0.5, 0.6) is 0 Å². The van der Waals surface area contributed by atoms with Crippen molar-refractivity contribution < 1.29 is 0 Å². The molecule has 0 aliphatic heterocycles. The van der Waals surface area contributed by atoms with Gasteiger partial charge in [0.25, 0.3) is 0 Å². The highest BCUT2D eigenvalue weighted by Crippen LogP contribution is 2.28. The Labute approximate surface area is 140 Å². The average molecular weight is 366 g/mol. The highest BCUT2D eigenvalue weighted by molar-refractivity contribution is 9.10. The number of hydrogen-bond donors (Lipinski definition) is 1. The average Bonchev–Trinajstić information content (AvgIpc) is 2.84. The number of halogens is 1. The van der Waals surface area contributed by atoms with Gasteiger partial charge in [-0.3, -0.25) is 0 Å². The van der Waals surface area contributed by atoms with E-state index in [4.69, 9.17) is 0 Å². The van der Waals surface area contributed by atoms with Crippen molar-refractivity contribution in [2.45, 2.75) is 52.1 Å². The van der Waals surface area contributed by atoms with Gasteiger partial charge >= 0.3 is 0 Å². The van der Waals surface area contributed by atoms with Crippen LogP contribution < -0.4 is 5.32 Å². The SMILES string of the molecule is CC(NC(C)c1cc(Br)cs1)c1ccc(C(C)(C)C)cc1. The molecule has 0 amide bonds. The zero-order valence-electron chi connectivity index (χ0n) is 13.4. The largest absolute Gasteiger partial charge is 0.303 e. The van der Waals surface area contributed by atoms with Crippen molar-refractivity contribution in [2.75, 3.05) is 0 Å². The maximum atomic E-state index is 3.67. The van der Waals surface area contributed by atoms with Crippen LogP contribution in [0.15, 0.2) is 40.2 Å². The zero-order valence-corrected chi connectivity index (χ0v) is 15.8. The predicted molar refractivity (Wildman–Crippen MR) is 97.1 cm³/mol. The smallest absolute Gasteiger partial charge is 0.0391 e. The number of nitrogens with one attached hydrogen (secondary N) is 1. The topological polar surface area (TPSA) is 12.0 Å². The minimum Gasteiger partial charge on any atom is -0.303 e. The zero-order chi connectivity index (χ0) is 15.6. The van der Waals surface area contributed by atoms with Gasteiger partial charge in [0.2, 0.25) is 0 Å². The van der Waals surface area contributed by atoms with Crippen molar-refractivity contribution in [3.8, 4) is 0 Å². The fourth-order valence-electron chi connectivity index (χ4n) is 2.38. The molecule has 2 aromatic rings. The van der Waals surface area contributed by atoms with Gasteiger partial charge in [-0.15, -0.1) is 11.3 Å². The highest BCUT2D eigenvalue weighted by atomic mass is 79.9. The van der Waals surface area contributed by atoms with Gasteiger partial charge in [0, 0.05) is 26.8 Å². The molecule has 0 bridgehead atoms. The fourth-order valence-corrected chi connectivity index (χ4v) is 3.84. The van der Waals surface area contributed by atoms with E-state index < -0.39 is 0 Å². The molecule has 2 atom stereocenters. The van der Waals surface area contributed by atoms with E-state index in [-0.39, 0.29) is 5.41 Å². The monoisotopic (exact) mass is 365 g/mol. The summed E-state index contributed by atoms with van der Waals surface area (Å²) in [6, 6.07) is 11.9. The molecule has 0 radical (unpaired) electrons. The molecular formula is C18H24BrNS. The summed E-state index contributed by atoms with van der Waals surface area (Å²) in [4.78, 5) is 1.36. The first-order valence-electron chi connectivity index (χ1n) is 7.38. The van der Waals surface area contributed by atoms with Crippen molar-refractivity contribution in [2.24, 2.45) is 0 Å². The summed E-state index contributed by atoms with van der Waals surface area (Å²) in [5.41, 5.74) is 2.94. The van der Waals surface area contributed by atoms with Gasteiger partial charge in [-0.25, -0.2) is 0 Å². The van der Waals surface area contributed by atoms with Crippen LogP contribution in [0.2, 0.25) is 0 Å². The molecule has 0 spiro atoms. The molecule has 1 aromatic carbocycles. The number of rotatable bonds is 4. The molecule has 2 unspecified atom stereocenters. The Morgan fingerprint density at radius 2 is 1.67 bits per heavy atom. The molecule has 0 aliphatic carbocycles. The molecule has 0 fully saturated rings. The van der Waals surface area contributed by atoms with Gasteiger partial charge in [-0.2, -0.15) is 0 Å². The van der Waals surface area contributed by atoms with Crippen LogP contribution in [0.4, 0.5) is 0 Å². The lowest BCUT2D eigenvalue weighted by molar-refractivity contribution is 0.499. The maximum Gasteiger partial charge on any atom is 0.0391 e. The number of benzene rings is 1. The molecule has 0 saturated carbocycles. The van der Waals surface area contributed by atoms with Crippen molar-refractivity contribution in [3.63, 3.8) is 0 Å². The molecule has 1 heterocycles. The van der Waals surface area contributed by atoms with E-state index in [2.05, 4.69) is 91.6 Å². The summed E-state index contributed by atoms with van der Waals surface area (Å²) in [5, 5.41) is 5.81. The minimum absolute atomic E-state index is 0.214. The Balaban J connectivity index is 2.04. The van der Waals surface area contributed by atoms with E-state index in [1.54, 1.807) is 11.3 Å². The van der Waals surface area contributed by atoms with E-state index in [1.165, 1.54) is 20.5 Å². The Bertz CT molecular complexity index is 580. The standard InChI is InChI=1S/C18H24BrNS/c1-12(20-13(2)17-10-16(19)11-21-17)14-6-8-15(9-7-14)18(3,4)5/h6-13,20H,1-5H3. The van der Waals surface area contributed by atoms with E-state index in [9.17, 15) is 0 Å². The van der Waals surface area contributed by atoms with Gasteiger partial charge in [-0.1, -0.05) is 45.0 Å². The summed E-state index contributed by atoms with van der Waals surface area (Å²) in [5.74, 6) is 0. The predicted octanol–water partition coefficient (Wildman–Crippen LogP) is 6.22. The van der Waals surface area contributed by atoms with Crippen LogP contribution >= 0.6 is 27.3 Å². The van der Waals surface area contributed by atoms with Crippen LogP contribution in [0.1, 0.15) is 62.7 Å². The summed E-state index contributed by atoms with van der Waals surface area (Å²) in [6.45, 7) is 11.2. The Morgan fingerprint density at radius 1 is 1.05 bits per heavy atom. The van der Waals surface area contributed by atoms with E-state index >= 15 is 0 Å². The minimum atomic E-state index is 0.214. The van der Waals surface area contributed by atoms with Crippen LogP contribution in [-0.2, 0) is 5.41 Å². The normalized spacial score (nSPS) is 15.0. The molecule has 114 valence electrons. The first kappa shape index (κ1) is 16.7. The third-order valence-corrected chi connectivity index (χ3v) is 5.67. The van der Waals surface area contributed by atoms with Gasteiger partial charge in [0.1, 0.15) is 0 Å². The molecule has 21 heavy (non-hydrogen) atoms. The summed E-state index contributed by atoms with van der Waals surface area (Å²) in [6.07, 6.45) is 0. The molecule has 1 nitrogen and oxygen atoms in total. The molecule has 0 aliphatic rings. The van der Waals surface area contributed by atoms with Gasteiger partial charge in [0.15, 0.2) is 0 Å². The van der Waals surface area contributed by atoms with Gasteiger partial charge < -0.3 is 5.32 Å². The third kappa shape index (κ3) is 4.41. The Hall–Kier alpha value is -0.640. The summed E-state index contributed by atoms with van der Waals surface area (Å²) >= 11 is 5.31. The molecule has 0 saturated heterocycles. The van der Waals surface area contributed by atoms with Crippen LogP contribution in [0.25, 0.3) is 0 Å². The van der Waals surface area contributed by atoms with Crippen LogP contribution in [-0.4, -0.2) is 0 Å². The first-order chi connectivity index (χ1) is 9.77. The van der Waals surface area contributed by atoms with E-state index in [1.807, 2.05) is 0 Å². The van der Waals surface area contributed by atoms with Gasteiger partial charge in [0.05, 0.1) is 0 Å². The summed E-state index contributed by atoms with van der Waals surface area (Å²) in [7, 11) is 0. The summed E-state index contributed by atoms with van der Waals surface area (Å²) < 4.78 is 1.17. The van der Waals surface area contributed by atoms with Crippen LogP contribution in [0, 0.1) is 0 Å². The fraction of sp³-hybridized carbons (Fsp3) is 0.444. The second-order valence-electron chi connectivity index (χ2n) is 6.65. The number of hydrogen-bond acceptors (Lipinski definition) is 2. The lowest BCUT2D eigenvalue weighted by Crippen LogP contribution is -2.22. The second kappa shape index (κ2) is 6.64. The molecule has 2 rings (SSSR count). The lowest BCUT2D eigenvalue weighted by atomic mass is 9.86. The van der Waals surface area contributed by atoms with Gasteiger partial charge in [-0.05, 0) is 52.4 Å². The molecule has 1 N–H and O–H groups in total.